The number of nitrogen functional groups attached to an aromatic ring is 1. The van der Waals surface area contributed by atoms with Crippen LogP contribution in [0.5, 0.6) is 0 Å². The van der Waals surface area contributed by atoms with Crippen LogP contribution in [0.2, 0.25) is 0 Å². The maximum atomic E-state index is 6.05. The molecule has 2 N–H and O–H groups in total. The van der Waals surface area contributed by atoms with Crippen LogP contribution in [0.15, 0.2) is 12.3 Å². The van der Waals surface area contributed by atoms with E-state index in [1.165, 1.54) is 31.2 Å². The Bertz CT molecular complexity index is 238. The second-order valence-corrected chi connectivity index (χ2v) is 3.88. The molecule has 0 aliphatic carbocycles. The van der Waals surface area contributed by atoms with Crippen molar-refractivity contribution in [2.75, 3.05) is 5.73 Å². The molecule has 1 aromatic heterocycles. The third-order valence-corrected chi connectivity index (χ3v) is 2.65. The molecule has 0 spiro atoms. The molecule has 2 heteroatoms. The van der Waals surface area contributed by atoms with Gasteiger partial charge in [-0.1, -0.05) is 26.7 Å². The first-order valence-electron chi connectivity index (χ1n) is 5.73. The van der Waals surface area contributed by atoms with Crippen molar-refractivity contribution in [1.82, 2.24) is 4.57 Å². The number of anilines is 1. The van der Waals surface area contributed by atoms with Crippen molar-refractivity contribution in [3.63, 3.8) is 0 Å². The molecule has 0 atom stereocenters. The monoisotopic (exact) mass is 194 g/mol. The van der Waals surface area contributed by atoms with Gasteiger partial charge < -0.3 is 10.3 Å². The molecule has 80 valence electrons. The van der Waals surface area contributed by atoms with Crippen molar-refractivity contribution in [3.05, 3.63) is 17.8 Å². The van der Waals surface area contributed by atoms with E-state index in [4.69, 9.17) is 5.73 Å². The SMILES string of the molecule is CCCCc1ccn(CCCC)c1N. The van der Waals surface area contributed by atoms with E-state index in [1.54, 1.807) is 0 Å². The Morgan fingerprint density at radius 2 is 1.93 bits per heavy atom. The van der Waals surface area contributed by atoms with E-state index in [9.17, 15) is 0 Å². The Morgan fingerprint density at radius 3 is 2.57 bits per heavy atom. The van der Waals surface area contributed by atoms with Gasteiger partial charge in [0.15, 0.2) is 0 Å². The van der Waals surface area contributed by atoms with Crippen molar-refractivity contribution >= 4 is 5.82 Å². The van der Waals surface area contributed by atoms with Crippen LogP contribution in [0.25, 0.3) is 0 Å². The minimum absolute atomic E-state index is 0.979. The van der Waals surface area contributed by atoms with E-state index in [1.807, 2.05) is 0 Å². The Balaban J connectivity index is 2.55. The van der Waals surface area contributed by atoms with Crippen molar-refractivity contribution in [2.24, 2.45) is 0 Å². The second-order valence-electron chi connectivity index (χ2n) is 3.88. The highest BCUT2D eigenvalue weighted by molar-refractivity contribution is 5.41. The molecule has 0 saturated heterocycles. The van der Waals surface area contributed by atoms with Gasteiger partial charge in [0.2, 0.25) is 0 Å². The number of hydrogen-bond acceptors (Lipinski definition) is 1. The average molecular weight is 194 g/mol. The molecular weight excluding hydrogens is 172 g/mol. The van der Waals surface area contributed by atoms with Gasteiger partial charge in [-0.25, -0.2) is 0 Å². The van der Waals surface area contributed by atoms with Crippen molar-refractivity contribution in [2.45, 2.75) is 52.5 Å². The third kappa shape index (κ3) is 2.79. The van der Waals surface area contributed by atoms with Gasteiger partial charge >= 0.3 is 0 Å². The van der Waals surface area contributed by atoms with E-state index in [0.29, 0.717) is 0 Å². The summed E-state index contributed by atoms with van der Waals surface area (Å²) < 4.78 is 2.18. The summed E-state index contributed by atoms with van der Waals surface area (Å²) in [6.45, 7) is 5.48. The molecule has 0 unspecified atom stereocenters. The average Bonchev–Trinajstić information content (AvgIpc) is 2.54. The molecule has 0 amide bonds. The molecule has 0 aliphatic rings. The van der Waals surface area contributed by atoms with Crippen LogP contribution in [0.4, 0.5) is 5.82 Å². The minimum atomic E-state index is 0.979. The minimum Gasteiger partial charge on any atom is -0.385 e. The van der Waals surface area contributed by atoms with Gasteiger partial charge in [0.1, 0.15) is 5.82 Å². The van der Waals surface area contributed by atoms with Crippen LogP contribution in [0.1, 0.15) is 45.1 Å². The highest BCUT2D eigenvalue weighted by Crippen LogP contribution is 2.16. The van der Waals surface area contributed by atoms with E-state index >= 15 is 0 Å². The van der Waals surface area contributed by atoms with Crippen molar-refractivity contribution in [1.29, 1.82) is 0 Å². The number of aryl methyl sites for hydroxylation is 2. The molecular formula is C12H22N2. The number of nitrogens with two attached hydrogens (primary N) is 1. The Kier molecular flexibility index (Phi) is 4.57. The summed E-state index contributed by atoms with van der Waals surface area (Å²) in [5, 5.41) is 0. The smallest absolute Gasteiger partial charge is 0.106 e. The maximum absolute atomic E-state index is 6.05. The predicted molar refractivity (Wildman–Crippen MR) is 62.4 cm³/mol. The Morgan fingerprint density at radius 1 is 1.21 bits per heavy atom. The summed E-state index contributed by atoms with van der Waals surface area (Å²) >= 11 is 0. The number of aromatic nitrogens is 1. The van der Waals surface area contributed by atoms with Gasteiger partial charge in [-0.2, -0.15) is 0 Å². The van der Waals surface area contributed by atoms with Gasteiger partial charge in [0.25, 0.3) is 0 Å². The predicted octanol–water partition coefficient (Wildman–Crippen LogP) is 3.21. The van der Waals surface area contributed by atoms with Crippen LogP contribution in [-0.4, -0.2) is 4.57 Å². The molecule has 0 bridgehead atoms. The first-order valence-corrected chi connectivity index (χ1v) is 5.73. The molecule has 1 rings (SSSR count). The topological polar surface area (TPSA) is 30.9 Å². The van der Waals surface area contributed by atoms with Crippen LogP contribution < -0.4 is 5.73 Å². The number of rotatable bonds is 6. The molecule has 0 aromatic carbocycles. The molecule has 0 saturated carbocycles. The fourth-order valence-electron chi connectivity index (χ4n) is 1.63. The summed E-state index contributed by atoms with van der Waals surface area (Å²) in [4.78, 5) is 0. The van der Waals surface area contributed by atoms with Crippen LogP contribution in [0, 0.1) is 0 Å². The zero-order valence-corrected chi connectivity index (χ0v) is 9.42. The van der Waals surface area contributed by atoms with Gasteiger partial charge in [-0.3, -0.25) is 0 Å². The Labute approximate surface area is 87.1 Å². The fourth-order valence-corrected chi connectivity index (χ4v) is 1.63. The largest absolute Gasteiger partial charge is 0.385 e. The lowest BCUT2D eigenvalue weighted by molar-refractivity contribution is 0.640. The molecule has 2 nitrogen and oxygen atoms in total. The number of nitrogens with zero attached hydrogens (tertiary/aromatic N) is 1. The number of hydrogen-bond donors (Lipinski definition) is 1. The summed E-state index contributed by atoms with van der Waals surface area (Å²) in [5.74, 6) is 0.979. The van der Waals surface area contributed by atoms with E-state index in [2.05, 4.69) is 30.7 Å². The standard InChI is InChI=1S/C12H22N2/c1-3-5-7-11-8-10-14(12(11)13)9-6-4-2/h8,10H,3-7,9,13H2,1-2H3. The molecule has 0 fully saturated rings. The highest BCUT2D eigenvalue weighted by Gasteiger charge is 2.03. The summed E-state index contributed by atoms with van der Waals surface area (Å²) in [5.41, 5.74) is 7.37. The lowest BCUT2D eigenvalue weighted by Crippen LogP contribution is -2.03. The quantitative estimate of drug-likeness (QED) is 0.740. The molecule has 0 aliphatic heterocycles. The summed E-state index contributed by atoms with van der Waals surface area (Å²) in [6, 6.07) is 2.17. The van der Waals surface area contributed by atoms with Gasteiger partial charge in [0.05, 0.1) is 0 Å². The van der Waals surface area contributed by atoms with Gasteiger partial charge in [0, 0.05) is 12.7 Å². The highest BCUT2D eigenvalue weighted by atomic mass is 15.0. The maximum Gasteiger partial charge on any atom is 0.106 e. The van der Waals surface area contributed by atoms with Crippen molar-refractivity contribution < 1.29 is 0 Å². The molecule has 1 aromatic rings. The lowest BCUT2D eigenvalue weighted by Gasteiger charge is -2.05. The lowest BCUT2D eigenvalue weighted by atomic mass is 10.1. The number of unbranched alkanes of at least 4 members (excludes halogenated alkanes) is 2. The molecule has 14 heavy (non-hydrogen) atoms. The van der Waals surface area contributed by atoms with Crippen LogP contribution >= 0.6 is 0 Å². The van der Waals surface area contributed by atoms with Crippen molar-refractivity contribution in [3.8, 4) is 0 Å². The second kappa shape index (κ2) is 5.74. The first kappa shape index (κ1) is 11.2. The van der Waals surface area contributed by atoms with Gasteiger partial charge in [-0.05, 0) is 30.9 Å². The summed E-state index contributed by atoms with van der Waals surface area (Å²) in [7, 11) is 0. The van der Waals surface area contributed by atoms with Crippen LogP contribution in [0.3, 0.4) is 0 Å². The first-order chi connectivity index (χ1) is 6.79. The van der Waals surface area contributed by atoms with Gasteiger partial charge in [-0.15, -0.1) is 0 Å². The fraction of sp³-hybridized carbons (Fsp3) is 0.667. The van der Waals surface area contributed by atoms with E-state index in [-0.39, 0.29) is 0 Å². The molecule has 1 heterocycles. The Hall–Kier alpha value is -0.920. The normalized spacial score (nSPS) is 10.7. The van der Waals surface area contributed by atoms with E-state index in [0.717, 1.165) is 18.8 Å². The zero-order valence-electron chi connectivity index (χ0n) is 9.42. The van der Waals surface area contributed by atoms with Crippen LogP contribution in [-0.2, 0) is 13.0 Å². The summed E-state index contributed by atoms with van der Waals surface area (Å²) in [6.07, 6.45) is 8.16. The zero-order chi connectivity index (χ0) is 10.4. The third-order valence-electron chi connectivity index (χ3n) is 2.65. The van der Waals surface area contributed by atoms with E-state index < -0.39 is 0 Å². The molecule has 0 radical (unpaired) electrons.